The molecule has 0 spiro atoms. The first-order valence-corrected chi connectivity index (χ1v) is 12.7. The zero-order chi connectivity index (χ0) is 25.8. The van der Waals surface area contributed by atoms with Gasteiger partial charge in [0, 0.05) is 5.56 Å². The third kappa shape index (κ3) is 5.22. The van der Waals surface area contributed by atoms with Gasteiger partial charge in [0.25, 0.3) is 0 Å². The van der Waals surface area contributed by atoms with Gasteiger partial charge in [-0.05, 0) is 48.9 Å². The van der Waals surface area contributed by atoms with Crippen molar-refractivity contribution in [3.8, 4) is 22.5 Å². The smallest absolute Gasteiger partial charge is 0.316 e. The van der Waals surface area contributed by atoms with Gasteiger partial charge in [-0.15, -0.1) is 0 Å². The van der Waals surface area contributed by atoms with Gasteiger partial charge in [0.15, 0.2) is 5.76 Å². The monoisotopic (exact) mass is 497 g/mol. The van der Waals surface area contributed by atoms with Gasteiger partial charge in [0.1, 0.15) is 6.10 Å². The number of hydrogen-bond donors (Lipinski definition) is 1. The van der Waals surface area contributed by atoms with Crippen LogP contribution in [0.3, 0.4) is 0 Å². The molecule has 6 heteroatoms. The number of ether oxygens (including phenoxy) is 2. The Morgan fingerprint density at radius 3 is 2.22 bits per heavy atom. The highest BCUT2D eigenvalue weighted by Crippen LogP contribution is 2.49. The first-order valence-electron chi connectivity index (χ1n) is 12.7. The highest BCUT2D eigenvalue weighted by molar-refractivity contribution is 5.87. The standard InChI is InChI=1S/C31H31NO5/c1-3-36-30(34)31(17-18-31)26-15-13-24(14-16-26)23-9-11-25(12-10-23)29-28(21(2)32-37-29)27(33)20-35-19-22-7-5-4-6-8-22/h4-16,27,33H,3,17-20H2,1-2H3/t27-/m1/s1. The largest absolute Gasteiger partial charge is 0.465 e. The number of carbonyl (C=O) groups is 1. The number of aryl methyl sites for hydroxylation is 1. The van der Waals surface area contributed by atoms with Crippen molar-refractivity contribution in [2.45, 2.75) is 44.8 Å². The second kappa shape index (κ2) is 10.7. The summed E-state index contributed by atoms with van der Waals surface area (Å²) < 4.78 is 16.6. The van der Waals surface area contributed by atoms with Gasteiger partial charge in [-0.25, -0.2) is 0 Å². The minimum Gasteiger partial charge on any atom is -0.465 e. The van der Waals surface area contributed by atoms with E-state index in [9.17, 15) is 9.90 Å². The van der Waals surface area contributed by atoms with Gasteiger partial charge in [-0.3, -0.25) is 4.79 Å². The van der Waals surface area contributed by atoms with E-state index in [-0.39, 0.29) is 12.6 Å². The first-order chi connectivity index (χ1) is 18.0. The average Bonchev–Trinajstić information content (AvgIpc) is 3.66. The molecule has 0 unspecified atom stereocenters. The number of rotatable bonds is 10. The Labute approximate surface area is 216 Å². The fraction of sp³-hybridized carbons (Fsp3) is 0.290. The van der Waals surface area contributed by atoms with Gasteiger partial charge < -0.3 is 19.1 Å². The third-order valence-electron chi connectivity index (χ3n) is 6.96. The van der Waals surface area contributed by atoms with Crippen molar-refractivity contribution in [3.63, 3.8) is 0 Å². The predicted molar refractivity (Wildman–Crippen MR) is 141 cm³/mol. The van der Waals surface area contributed by atoms with Gasteiger partial charge in [-0.1, -0.05) is 84.0 Å². The molecule has 6 nitrogen and oxygen atoms in total. The summed E-state index contributed by atoms with van der Waals surface area (Å²) in [5, 5.41) is 15.0. The molecule has 0 amide bonds. The normalized spacial score (nSPS) is 14.8. The van der Waals surface area contributed by atoms with E-state index < -0.39 is 11.5 Å². The number of aliphatic hydroxyl groups excluding tert-OH is 1. The molecule has 1 heterocycles. The Hall–Kier alpha value is -3.74. The number of carbonyl (C=O) groups excluding carboxylic acids is 1. The summed E-state index contributed by atoms with van der Waals surface area (Å²) in [5.41, 5.74) is 5.80. The summed E-state index contributed by atoms with van der Waals surface area (Å²) >= 11 is 0. The van der Waals surface area contributed by atoms with Crippen molar-refractivity contribution in [2.24, 2.45) is 0 Å². The Kier molecular flexibility index (Phi) is 7.22. The lowest BCUT2D eigenvalue weighted by Gasteiger charge is -2.15. The fourth-order valence-corrected chi connectivity index (χ4v) is 4.72. The Bertz CT molecular complexity index is 1340. The molecule has 1 N–H and O–H groups in total. The Morgan fingerprint density at radius 2 is 1.59 bits per heavy atom. The van der Waals surface area contributed by atoms with E-state index in [1.165, 1.54) is 0 Å². The third-order valence-corrected chi connectivity index (χ3v) is 6.96. The van der Waals surface area contributed by atoms with Crippen molar-refractivity contribution in [1.82, 2.24) is 5.16 Å². The van der Waals surface area contributed by atoms with E-state index in [1.54, 1.807) is 0 Å². The molecule has 37 heavy (non-hydrogen) atoms. The summed E-state index contributed by atoms with van der Waals surface area (Å²) in [6.07, 6.45) is 0.815. The molecular formula is C31H31NO5. The molecule has 0 aliphatic heterocycles. The predicted octanol–water partition coefficient (Wildman–Crippen LogP) is 6.16. The molecule has 5 rings (SSSR count). The van der Waals surface area contributed by atoms with Crippen molar-refractivity contribution < 1.29 is 23.9 Å². The zero-order valence-electron chi connectivity index (χ0n) is 21.1. The highest BCUT2D eigenvalue weighted by Gasteiger charge is 2.52. The maximum atomic E-state index is 12.4. The van der Waals surface area contributed by atoms with E-state index in [2.05, 4.69) is 5.16 Å². The van der Waals surface area contributed by atoms with Crippen LogP contribution in [0.15, 0.2) is 83.4 Å². The minimum absolute atomic E-state index is 0.127. The van der Waals surface area contributed by atoms with Gasteiger partial charge in [-0.2, -0.15) is 0 Å². The topological polar surface area (TPSA) is 81.8 Å². The summed E-state index contributed by atoms with van der Waals surface area (Å²) in [4.78, 5) is 12.4. The Morgan fingerprint density at radius 1 is 0.973 bits per heavy atom. The second-order valence-corrected chi connectivity index (χ2v) is 9.48. The molecule has 1 aliphatic rings. The van der Waals surface area contributed by atoms with Crippen molar-refractivity contribution >= 4 is 5.97 Å². The van der Waals surface area contributed by atoms with Crippen LogP contribution in [0.4, 0.5) is 0 Å². The van der Waals surface area contributed by atoms with E-state index in [4.69, 9.17) is 14.0 Å². The molecule has 0 bridgehead atoms. The second-order valence-electron chi connectivity index (χ2n) is 9.48. The van der Waals surface area contributed by atoms with Gasteiger partial charge in [0.2, 0.25) is 0 Å². The number of hydrogen-bond acceptors (Lipinski definition) is 6. The molecule has 1 saturated carbocycles. The first kappa shape index (κ1) is 24.9. The lowest BCUT2D eigenvalue weighted by atomic mass is 9.93. The van der Waals surface area contributed by atoms with Gasteiger partial charge >= 0.3 is 5.97 Å². The summed E-state index contributed by atoms with van der Waals surface area (Å²) in [6, 6.07) is 26.0. The Balaban J connectivity index is 1.28. The minimum atomic E-state index is -0.855. The van der Waals surface area contributed by atoms with Gasteiger partial charge in [0.05, 0.1) is 36.5 Å². The van der Waals surface area contributed by atoms with Crippen LogP contribution in [0.1, 0.15) is 48.3 Å². The number of aromatic nitrogens is 1. The number of benzene rings is 3. The quantitative estimate of drug-likeness (QED) is 0.264. The fourth-order valence-electron chi connectivity index (χ4n) is 4.72. The molecule has 3 aromatic carbocycles. The highest BCUT2D eigenvalue weighted by atomic mass is 16.5. The molecule has 1 fully saturated rings. The van der Waals surface area contributed by atoms with E-state index >= 15 is 0 Å². The average molecular weight is 498 g/mol. The van der Waals surface area contributed by atoms with Crippen LogP contribution >= 0.6 is 0 Å². The zero-order valence-corrected chi connectivity index (χ0v) is 21.1. The molecule has 1 atom stereocenters. The van der Waals surface area contributed by atoms with Crippen LogP contribution in [-0.2, 0) is 26.3 Å². The van der Waals surface area contributed by atoms with Crippen LogP contribution in [0.2, 0.25) is 0 Å². The van der Waals surface area contributed by atoms with Crippen LogP contribution in [-0.4, -0.2) is 29.4 Å². The van der Waals surface area contributed by atoms with Crippen LogP contribution in [0, 0.1) is 6.92 Å². The lowest BCUT2D eigenvalue weighted by molar-refractivity contribution is -0.146. The maximum absolute atomic E-state index is 12.4. The molecule has 4 aromatic rings. The summed E-state index contributed by atoms with van der Waals surface area (Å²) in [5.74, 6) is 0.415. The van der Waals surface area contributed by atoms with Crippen molar-refractivity contribution in [1.29, 1.82) is 0 Å². The van der Waals surface area contributed by atoms with Crippen molar-refractivity contribution in [2.75, 3.05) is 13.2 Å². The molecule has 1 aliphatic carbocycles. The lowest BCUT2D eigenvalue weighted by Crippen LogP contribution is -2.23. The number of nitrogens with zero attached hydrogens (tertiary/aromatic N) is 1. The van der Waals surface area contributed by atoms with E-state index in [0.29, 0.717) is 30.2 Å². The maximum Gasteiger partial charge on any atom is 0.316 e. The van der Waals surface area contributed by atoms with E-state index in [1.807, 2.05) is 92.7 Å². The van der Waals surface area contributed by atoms with Crippen LogP contribution in [0.5, 0.6) is 0 Å². The summed E-state index contributed by atoms with van der Waals surface area (Å²) in [6.45, 7) is 4.62. The van der Waals surface area contributed by atoms with Crippen molar-refractivity contribution in [3.05, 3.63) is 101 Å². The molecule has 190 valence electrons. The number of esters is 1. The van der Waals surface area contributed by atoms with Crippen LogP contribution in [0.25, 0.3) is 22.5 Å². The molecule has 0 radical (unpaired) electrons. The van der Waals surface area contributed by atoms with Crippen LogP contribution < -0.4 is 0 Å². The molecule has 0 saturated heterocycles. The summed E-state index contributed by atoms with van der Waals surface area (Å²) in [7, 11) is 0. The SMILES string of the molecule is CCOC(=O)C1(c2ccc(-c3ccc(-c4onc(C)c4[C@H](O)COCc4ccccc4)cc3)cc2)CC1. The molecular weight excluding hydrogens is 466 g/mol. The number of aliphatic hydroxyl groups is 1. The van der Waals surface area contributed by atoms with E-state index in [0.717, 1.165) is 40.7 Å². The molecule has 1 aromatic heterocycles.